The summed E-state index contributed by atoms with van der Waals surface area (Å²) in [6.45, 7) is 11.6. The first-order valence-corrected chi connectivity index (χ1v) is 9.12. The van der Waals surface area contributed by atoms with Crippen LogP contribution in [0.15, 0.2) is 11.6 Å². The molecule has 0 spiro atoms. The van der Waals surface area contributed by atoms with Crippen molar-refractivity contribution in [3.05, 3.63) is 11.6 Å². The molecule has 2 heteroatoms. The minimum Gasteiger partial charge on any atom is -0.392 e. The first kappa shape index (κ1) is 18.0. The maximum Gasteiger partial charge on any atom is 0.0653 e. The van der Waals surface area contributed by atoms with Gasteiger partial charge in [-0.3, -0.25) is 0 Å². The summed E-state index contributed by atoms with van der Waals surface area (Å²) < 4.78 is 0. The SMILES string of the molecule is C/C(=C\CO)CC[C@@H]1[C@@]2(C)CCCC(C)(C)C2CC[C@@]1(C)O. The molecule has 128 valence electrons. The fraction of sp³-hybridized carbons (Fsp3) is 0.900. The van der Waals surface area contributed by atoms with Crippen molar-refractivity contribution < 1.29 is 10.2 Å². The highest BCUT2D eigenvalue weighted by Crippen LogP contribution is 2.62. The summed E-state index contributed by atoms with van der Waals surface area (Å²) in [7, 11) is 0. The minimum atomic E-state index is -0.543. The fourth-order valence-corrected chi connectivity index (χ4v) is 5.90. The van der Waals surface area contributed by atoms with E-state index >= 15 is 0 Å². The summed E-state index contributed by atoms with van der Waals surface area (Å²) in [6.07, 6.45) is 9.90. The maximum absolute atomic E-state index is 11.1. The number of rotatable bonds is 4. The van der Waals surface area contributed by atoms with Gasteiger partial charge >= 0.3 is 0 Å². The highest BCUT2D eigenvalue weighted by Gasteiger charge is 2.57. The Bertz CT molecular complexity index is 421. The van der Waals surface area contributed by atoms with Gasteiger partial charge in [0.05, 0.1) is 12.2 Å². The zero-order valence-electron chi connectivity index (χ0n) is 15.3. The van der Waals surface area contributed by atoms with E-state index in [0.717, 1.165) is 25.2 Å². The van der Waals surface area contributed by atoms with Gasteiger partial charge in [0.2, 0.25) is 0 Å². The van der Waals surface area contributed by atoms with Gasteiger partial charge in [-0.25, -0.2) is 0 Å². The summed E-state index contributed by atoms with van der Waals surface area (Å²) in [4.78, 5) is 0. The lowest BCUT2D eigenvalue weighted by atomic mass is 9.45. The van der Waals surface area contributed by atoms with Crippen LogP contribution in [-0.4, -0.2) is 22.4 Å². The van der Waals surface area contributed by atoms with Gasteiger partial charge in [0.1, 0.15) is 0 Å². The second-order valence-electron chi connectivity index (χ2n) is 9.12. The van der Waals surface area contributed by atoms with Crippen LogP contribution >= 0.6 is 0 Å². The lowest BCUT2D eigenvalue weighted by Gasteiger charge is -2.61. The van der Waals surface area contributed by atoms with Gasteiger partial charge in [-0.05, 0) is 75.0 Å². The first-order chi connectivity index (χ1) is 10.1. The largest absolute Gasteiger partial charge is 0.392 e. The molecule has 0 aromatic rings. The molecule has 0 amide bonds. The van der Waals surface area contributed by atoms with Gasteiger partial charge < -0.3 is 10.2 Å². The van der Waals surface area contributed by atoms with Crippen LogP contribution in [-0.2, 0) is 0 Å². The van der Waals surface area contributed by atoms with Crippen LogP contribution < -0.4 is 0 Å². The van der Waals surface area contributed by atoms with Crippen LogP contribution in [0.1, 0.15) is 79.6 Å². The van der Waals surface area contributed by atoms with Gasteiger partial charge in [0, 0.05) is 0 Å². The highest BCUT2D eigenvalue weighted by molar-refractivity contribution is 5.09. The van der Waals surface area contributed by atoms with Crippen molar-refractivity contribution in [2.75, 3.05) is 6.61 Å². The molecule has 0 bridgehead atoms. The monoisotopic (exact) mass is 308 g/mol. The second-order valence-corrected chi connectivity index (χ2v) is 9.12. The molecule has 0 aromatic heterocycles. The number of hydrogen-bond acceptors (Lipinski definition) is 2. The predicted octanol–water partition coefficient (Wildman–Crippen LogP) is 4.70. The summed E-state index contributed by atoms with van der Waals surface area (Å²) in [5, 5.41) is 20.1. The molecule has 0 aliphatic heterocycles. The molecule has 2 rings (SSSR count). The van der Waals surface area contributed by atoms with Crippen LogP contribution in [0.5, 0.6) is 0 Å². The van der Waals surface area contributed by atoms with E-state index in [1.165, 1.54) is 31.3 Å². The average Bonchev–Trinajstić information content (AvgIpc) is 2.36. The summed E-state index contributed by atoms with van der Waals surface area (Å²) >= 11 is 0. The molecule has 0 saturated heterocycles. The summed E-state index contributed by atoms with van der Waals surface area (Å²) in [5.41, 5.74) is 1.36. The van der Waals surface area contributed by atoms with Gasteiger partial charge in [-0.2, -0.15) is 0 Å². The van der Waals surface area contributed by atoms with Crippen molar-refractivity contribution in [1.29, 1.82) is 0 Å². The van der Waals surface area contributed by atoms with E-state index in [9.17, 15) is 5.11 Å². The van der Waals surface area contributed by atoms with E-state index in [0.29, 0.717) is 11.3 Å². The van der Waals surface area contributed by atoms with Crippen LogP contribution in [0.25, 0.3) is 0 Å². The molecular formula is C20H36O2. The number of aliphatic hydroxyl groups is 2. The Morgan fingerprint density at radius 3 is 2.45 bits per heavy atom. The number of allylic oxidation sites excluding steroid dienone is 1. The third-order valence-electron chi connectivity index (χ3n) is 7.03. The highest BCUT2D eigenvalue weighted by atomic mass is 16.3. The summed E-state index contributed by atoms with van der Waals surface area (Å²) in [5.74, 6) is 1.08. The van der Waals surface area contributed by atoms with Crippen LogP contribution in [0.3, 0.4) is 0 Å². The summed E-state index contributed by atoms with van der Waals surface area (Å²) in [6, 6.07) is 0. The Morgan fingerprint density at radius 2 is 1.82 bits per heavy atom. The molecule has 2 nitrogen and oxygen atoms in total. The maximum atomic E-state index is 11.1. The fourth-order valence-electron chi connectivity index (χ4n) is 5.90. The zero-order chi connectivity index (χ0) is 16.6. The van der Waals surface area contributed by atoms with Gasteiger partial charge in [-0.1, -0.05) is 38.8 Å². The normalized spacial score (nSPS) is 42.0. The van der Waals surface area contributed by atoms with E-state index in [1.807, 2.05) is 6.08 Å². The molecular weight excluding hydrogens is 272 g/mol. The Hall–Kier alpha value is -0.340. The predicted molar refractivity (Wildman–Crippen MR) is 92.7 cm³/mol. The number of aliphatic hydroxyl groups excluding tert-OH is 1. The van der Waals surface area contributed by atoms with Crippen LogP contribution in [0.4, 0.5) is 0 Å². The molecule has 2 N–H and O–H groups in total. The van der Waals surface area contributed by atoms with Crippen molar-refractivity contribution in [3.8, 4) is 0 Å². The molecule has 0 heterocycles. The van der Waals surface area contributed by atoms with Crippen LogP contribution in [0.2, 0.25) is 0 Å². The molecule has 0 aromatic carbocycles. The second kappa shape index (κ2) is 6.28. The van der Waals surface area contributed by atoms with Crippen molar-refractivity contribution in [3.63, 3.8) is 0 Å². The molecule has 4 atom stereocenters. The van der Waals surface area contributed by atoms with E-state index in [1.54, 1.807) is 0 Å². The Labute approximate surface area is 137 Å². The standard InChI is InChI=1S/C20H36O2/c1-15(10-14-21)7-8-17-19(4)12-6-11-18(2,3)16(19)9-13-20(17,5)22/h10,16-17,21-22H,6-9,11-14H2,1-5H3/b15-10+/t16?,17-,19+,20-/m1/s1. The quantitative estimate of drug-likeness (QED) is 0.739. The Morgan fingerprint density at radius 1 is 1.14 bits per heavy atom. The lowest BCUT2D eigenvalue weighted by molar-refractivity contribution is -0.168. The van der Waals surface area contributed by atoms with Gasteiger partial charge in [0.25, 0.3) is 0 Å². The van der Waals surface area contributed by atoms with E-state index in [2.05, 4.69) is 34.6 Å². The smallest absolute Gasteiger partial charge is 0.0653 e. The molecule has 2 aliphatic carbocycles. The van der Waals surface area contributed by atoms with Crippen LogP contribution in [0, 0.1) is 22.7 Å². The van der Waals surface area contributed by atoms with E-state index < -0.39 is 5.60 Å². The van der Waals surface area contributed by atoms with E-state index in [-0.39, 0.29) is 12.0 Å². The lowest BCUT2D eigenvalue weighted by Crippen LogP contribution is -2.57. The molecule has 0 radical (unpaired) electrons. The molecule has 22 heavy (non-hydrogen) atoms. The molecule has 2 aliphatic rings. The minimum absolute atomic E-state index is 0.125. The van der Waals surface area contributed by atoms with Gasteiger partial charge in [-0.15, -0.1) is 0 Å². The Kier molecular flexibility index (Phi) is 5.14. The average molecular weight is 309 g/mol. The van der Waals surface area contributed by atoms with Crippen molar-refractivity contribution in [1.82, 2.24) is 0 Å². The number of hydrogen-bond donors (Lipinski definition) is 2. The molecule has 2 saturated carbocycles. The third kappa shape index (κ3) is 3.28. The van der Waals surface area contributed by atoms with Crippen molar-refractivity contribution >= 4 is 0 Å². The third-order valence-corrected chi connectivity index (χ3v) is 7.03. The van der Waals surface area contributed by atoms with Gasteiger partial charge in [0.15, 0.2) is 0 Å². The molecule has 1 unspecified atom stereocenters. The van der Waals surface area contributed by atoms with Crippen molar-refractivity contribution in [2.24, 2.45) is 22.7 Å². The zero-order valence-corrected chi connectivity index (χ0v) is 15.3. The van der Waals surface area contributed by atoms with E-state index in [4.69, 9.17) is 5.11 Å². The topological polar surface area (TPSA) is 40.5 Å². The molecule has 2 fully saturated rings. The first-order valence-electron chi connectivity index (χ1n) is 9.12. The van der Waals surface area contributed by atoms with Crippen molar-refractivity contribution in [2.45, 2.75) is 85.2 Å². The number of fused-ring (bicyclic) bond motifs is 1. The Balaban J connectivity index is 2.24.